The van der Waals surface area contributed by atoms with Crippen LogP contribution in [-0.4, -0.2) is 96.7 Å². The topological polar surface area (TPSA) is 237 Å². The van der Waals surface area contributed by atoms with Gasteiger partial charge in [-0.3, -0.25) is 37.3 Å². The third kappa shape index (κ3) is 65.1. The largest absolute Gasteiger partial charge is 0.472 e. The summed E-state index contributed by atoms with van der Waals surface area (Å²) >= 11 is 0. The molecule has 0 aromatic rings. The number of hydrogen-bond donors (Lipinski definition) is 3. The van der Waals surface area contributed by atoms with E-state index in [-0.39, 0.29) is 25.7 Å². The summed E-state index contributed by atoms with van der Waals surface area (Å²) in [7, 11) is -9.90. The summed E-state index contributed by atoms with van der Waals surface area (Å²) in [6, 6.07) is 0. The van der Waals surface area contributed by atoms with Gasteiger partial charge in [-0.15, -0.1) is 0 Å². The lowest BCUT2D eigenvalue weighted by molar-refractivity contribution is -0.161. The van der Waals surface area contributed by atoms with Gasteiger partial charge < -0.3 is 33.8 Å². The van der Waals surface area contributed by atoms with Gasteiger partial charge in [0.15, 0.2) is 12.2 Å². The highest BCUT2D eigenvalue weighted by molar-refractivity contribution is 7.47. The molecule has 0 bridgehead atoms. The number of phosphoric ester groups is 2. The highest BCUT2D eigenvalue weighted by Crippen LogP contribution is 2.45. The van der Waals surface area contributed by atoms with Crippen molar-refractivity contribution in [1.29, 1.82) is 0 Å². The van der Waals surface area contributed by atoms with Crippen molar-refractivity contribution in [1.82, 2.24) is 0 Å². The van der Waals surface area contributed by atoms with E-state index in [1.54, 1.807) is 0 Å². The summed E-state index contributed by atoms with van der Waals surface area (Å²) in [6.07, 6.45) is 50.2. The third-order valence-corrected chi connectivity index (χ3v) is 19.0. The third-order valence-electron chi connectivity index (χ3n) is 17.1. The molecule has 0 aromatic heterocycles. The Morgan fingerprint density at radius 1 is 0.319 bits per heavy atom. The van der Waals surface area contributed by atoms with E-state index < -0.39 is 97.5 Å². The second kappa shape index (κ2) is 64.1. The molecule has 0 aliphatic rings. The molecule has 0 spiro atoms. The van der Waals surface area contributed by atoms with Gasteiger partial charge >= 0.3 is 39.5 Å². The maximum atomic E-state index is 13.0. The minimum atomic E-state index is -4.95. The molecule has 0 aliphatic carbocycles. The van der Waals surface area contributed by atoms with Crippen LogP contribution in [0.3, 0.4) is 0 Å². The van der Waals surface area contributed by atoms with Crippen LogP contribution in [0.25, 0.3) is 0 Å². The molecule has 0 aliphatic heterocycles. The summed E-state index contributed by atoms with van der Waals surface area (Å²) in [4.78, 5) is 72.5. The Labute approximate surface area is 556 Å². The standard InChI is InChI=1S/C72H140O17P2/c1-7-10-12-14-16-17-18-19-20-21-22-26-29-32-36-43-49-55-70(75)83-61-67(88-71(76)56-50-44-37-33-30-27-24-23-25-28-31-35-40-46-52-64(4)5)62-86-90(78,79)84-58-66(73)59-85-91(80,81)87-63-68(60-82-69(74)54-48-42-34-15-13-11-8-2)89-72(77)57-51-45-39-38-41-47-53-65(6)9-3/h64-68,73H,7-63H2,1-6H3,(H,78,79)(H,80,81)/t65?,66-,67-,68-/m1/s1. The number of esters is 4. The lowest BCUT2D eigenvalue weighted by atomic mass is 10.00. The number of carbonyl (C=O) groups excluding carboxylic acids is 4. The van der Waals surface area contributed by atoms with Gasteiger partial charge in [-0.25, -0.2) is 9.13 Å². The van der Waals surface area contributed by atoms with E-state index in [0.29, 0.717) is 25.7 Å². The SMILES string of the molecule is CCCCCCCCCCCCCCCCCCCC(=O)OC[C@H](COP(=O)(O)OC[C@@H](O)COP(=O)(O)OC[C@@H](COC(=O)CCCCCCCCC)OC(=O)CCCCCCCCC(C)CC)OC(=O)CCCCCCCCCCCCCCCCC(C)C. The molecule has 0 heterocycles. The molecular formula is C72H140O17P2. The molecule has 0 amide bonds. The highest BCUT2D eigenvalue weighted by atomic mass is 31.2. The number of aliphatic hydroxyl groups excluding tert-OH is 1. The van der Waals surface area contributed by atoms with Gasteiger partial charge in [0.25, 0.3) is 0 Å². The Bertz CT molecular complexity index is 1770. The van der Waals surface area contributed by atoms with Crippen LogP contribution < -0.4 is 0 Å². The molecule has 0 radical (unpaired) electrons. The van der Waals surface area contributed by atoms with Gasteiger partial charge in [0.1, 0.15) is 19.3 Å². The quantitative estimate of drug-likeness (QED) is 0.0222. The zero-order valence-electron chi connectivity index (χ0n) is 59.1. The normalized spacial score (nSPS) is 14.4. The molecule has 6 atom stereocenters. The van der Waals surface area contributed by atoms with Crippen LogP contribution >= 0.6 is 15.6 Å². The zero-order valence-corrected chi connectivity index (χ0v) is 60.9. The molecule has 19 heteroatoms. The Morgan fingerprint density at radius 3 is 0.835 bits per heavy atom. The number of aliphatic hydroxyl groups is 1. The van der Waals surface area contributed by atoms with Crippen LogP contribution in [0.1, 0.15) is 369 Å². The van der Waals surface area contributed by atoms with Crippen LogP contribution in [0.5, 0.6) is 0 Å². The Balaban J connectivity index is 5.19. The summed E-state index contributed by atoms with van der Waals surface area (Å²) in [5.41, 5.74) is 0. The Kier molecular flexibility index (Phi) is 62.7. The summed E-state index contributed by atoms with van der Waals surface area (Å²) in [5, 5.41) is 10.6. The monoisotopic (exact) mass is 1340 g/mol. The molecule has 0 saturated carbocycles. The first-order valence-electron chi connectivity index (χ1n) is 37.5. The molecule has 3 unspecified atom stereocenters. The van der Waals surface area contributed by atoms with Gasteiger partial charge in [-0.2, -0.15) is 0 Å². The molecule has 0 fully saturated rings. The van der Waals surface area contributed by atoms with Gasteiger partial charge in [0.05, 0.1) is 26.4 Å². The van der Waals surface area contributed by atoms with E-state index >= 15 is 0 Å². The van der Waals surface area contributed by atoms with Crippen LogP contribution in [0.4, 0.5) is 0 Å². The molecule has 3 N–H and O–H groups in total. The summed E-state index contributed by atoms with van der Waals surface area (Å²) in [6.45, 7) is 9.50. The van der Waals surface area contributed by atoms with Crippen molar-refractivity contribution in [3.8, 4) is 0 Å². The first-order chi connectivity index (χ1) is 43.9. The first-order valence-corrected chi connectivity index (χ1v) is 40.5. The second-order valence-corrected chi connectivity index (χ2v) is 29.6. The first kappa shape index (κ1) is 89.1. The average Bonchev–Trinajstić information content (AvgIpc) is 3.59. The van der Waals surface area contributed by atoms with E-state index in [0.717, 1.165) is 115 Å². The average molecular weight is 1340 g/mol. The minimum absolute atomic E-state index is 0.103. The smallest absolute Gasteiger partial charge is 0.462 e. The van der Waals surface area contributed by atoms with Gasteiger partial charge in [0.2, 0.25) is 0 Å². The number of ether oxygens (including phenoxy) is 4. The highest BCUT2D eigenvalue weighted by Gasteiger charge is 2.30. The summed E-state index contributed by atoms with van der Waals surface area (Å²) < 4.78 is 68.2. The fraction of sp³-hybridized carbons (Fsp3) is 0.944. The number of phosphoric acid groups is 2. The Morgan fingerprint density at radius 2 is 0.560 bits per heavy atom. The number of unbranched alkanes of at least 4 members (excludes halogenated alkanes) is 40. The number of rotatable bonds is 71. The van der Waals surface area contributed by atoms with Crippen LogP contribution in [-0.2, 0) is 65.4 Å². The predicted octanol–water partition coefficient (Wildman–Crippen LogP) is 20.8. The van der Waals surface area contributed by atoms with Gasteiger partial charge in [-0.1, -0.05) is 318 Å². The van der Waals surface area contributed by atoms with Crippen molar-refractivity contribution < 1.29 is 80.2 Å². The fourth-order valence-corrected chi connectivity index (χ4v) is 12.5. The molecule has 0 aromatic carbocycles. The van der Waals surface area contributed by atoms with Crippen molar-refractivity contribution in [2.24, 2.45) is 11.8 Å². The maximum absolute atomic E-state index is 13.0. The predicted molar refractivity (Wildman–Crippen MR) is 368 cm³/mol. The fourth-order valence-electron chi connectivity index (χ4n) is 10.9. The van der Waals surface area contributed by atoms with E-state index in [1.807, 2.05) is 0 Å². The second-order valence-electron chi connectivity index (χ2n) is 26.7. The van der Waals surface area contributed by atoms with Crippen LogP contribution in [0.15, 0.2) is 0 Å². The lowest BCUT2D eigenvalue weighted by Crippen LogP contribution is -2.30. The molecule has 540 valence electrons. The van der Waals surface area contributed by atoms with Gasteiger partial charge in [0, 0.05) is 25.7 Å². The van der Waals surface area contributed by atoms with Crippen molar-refractivity contribution in [3.05, 3.63) is 0 Å². The Hall–Kier alpha value is -1.94. The van der Waals surface area contributed by atoms with Crippen molar-refractivity contribution in [2.75, 3.05) is 39.6 Å². The number of carbonyl (C=O) groups is 4. The van der Waals surface area contributed by atoms with Crippen molar-refractivity contribution in [2.45, 2.75) is 387 Å². The van der Waals surface area contributed by atoms with Crippen molar-refractivity contribution in [3.63, 3.8) is 0 Å². The summed E-state index contributed by atoms with van der Waals surface area (Å²) in [5.74, 6) is -0.613. The molecule has 0 rings (SSSR count). The molecule has 91 heavy (non-hydrogen) atoms. The molecule has 0 saturated heterocycles. The van der Waals surface area contributed by atoms with Crippen LogP contribution in [0, 0.1) is 11.8 Å². The van der Waals surface area contributed by atoms with E-state index in [4.69, 9.17) is 37.0 Å². The lowest BCUT2D eigenvalue weighted by Gasteiger charge is -2.21. The minimum Gasteiger partial charge on any atom is -0.462 e. The molecule has 17 nitrogen and oxygen atoms in total. The van der Waals surface area contributed by atoms with Crippen molar-refractivity contribution >= 4 is 39.5 Å². The maximum Gasteiger partial charge on any atom is 0.472 e. The van der Waals surface area contributed by atoms with E-state index in [1.165, 1.54) is 173 Å². The van der Waals surface area contributed by atoms with Crippen LogP contribution in [0.2, 0.25) is 0 Å². The zero-order chi connectivity index (χ0) is 67.2. The van der Waals surface area contributed by atoms with E-state index in [9.17, 15) is 43.2 Å². The van der Waals surface area contributed by atoms with E-state index in [2.05, 4.69) is 41.5 Å². The van der Waals surface area contributed by atoms with Gasteiger partial charge in [-0.05, 0) is 37.5 Å². The molecular weight excluding hydrogens is 1200 g/mol. The number of hydrogen-bond acceptors (Lipinski definition) is 15.